The van der Waals surface area contributed by atoms with Crippen LogP contribution in [0.2, 0.25) is 0 Å². The molecule has 5 nitrogen and oxygen atoms in total. The summed E-state index contributed by atoms with van der Waals surface area (Å²) < 4.78 is 27.3. The summed E-state index contributed by atoms with van der Waals surface area (Å²) in [5.41, 5.74) is 3.58. The van der Waals surface area contributed by atoms with E-state index < -0.39 is 10.0 Å². The van der Waals surface area contributed by atoms with Gasteiger partial charge in [0.15, 0.2) is 0 Å². The van der Waals surface area contributed by atoms with Crippen LogP contribution in [-0.2, 0) is 21.2 Å². The van der Waals surface area contributed by atoms with Gasteiger partial charge in [-0.3, -0.25) is 4.79 Å². The number of hydrogen-bond donors (Lipinski definition) is 2. The van der Waals surface area contributed by atoms with Crippen LogP contribution in [0.4, 0.5) is 5.69 Å². The lowest BCUT2D eigenvalue weighted by Gasteiger charge is -2.09. The molecule has 2 N–H and O–H groups in total. The van der Waals surface area contributed by atoms with Crippen LogP contribution in [0, 0.1) is 0 Å². The molecule has 1 aliphatic rings. The van der Waals surface area contributed by atoms with Crippen molar-refractivity contribution in [2.45, 2.75) is 30.2 Å². The van der Waals surface area contributed by atoms with E-state index in [-0.39, 0.29) is 23.3 Å². The summed E-state index contributed by atoms with van der Waals surface area (Å²) in [5.74, 6) is -0.192. The summed E-state index contributed by atoms with van der Waals surface area (Å²) in [5, 5.41) is 2.79. The van der Waals surface area contributed by atoms with Crippen LogP contribution in [0.25, 0.3) is 11.1 Å². The Morgan fingerprint density at radius 1 is 0.862 bits per heavy atom. The molecule has 0 unspecified atom stereocenters. The van der Waals surface area contributed by atoms with Gasteiger partial charge in [0, 0.05) is 11.7 Å². The van der Waals surface area contributed by atoms with Crippen LogP contribution >= 0.6 is 0 Å². The number of rotatable bonds is 7. The number of benzene rings is 3. The van der Waals surface area contributed by atoms with Gasteiger partial charge in [0.2, 0.25) is 15.9 Å². The molecule has 0 aliphatic heterocycles. The largest absolute Gasteiger partial charge is 0.326 e. The lowest BCUT2D eigenvalue weighted by molar-refractivity contribution is -0.115. The molecule has 0 aromatic heterocycles. The minimum Gasteiger partial charge on any atom is -0.326 e. The Hall–Kier alpha value is -2.96. The maximum atomic E-state index is 12.4. The van der Waals surface area contributed by atoms with E-state index in [1.807, 2.05) is 54.6 Å². The fourth-order valence-electron chi connectivity index (χ4n) is 3.07. The van der Waals surface area contributed by atoms with Gasteiger partial charge in [-0.15, -0.1) is 0 Å². The van der Waals surface area contributed by atoms with Gasteiger partial charge < -0.3 is 5.32 Å². The Labute approximate surface area is 170 Å². The molecule has 3 aromatic rings. The van der Waals surface area contributed by atoms with Crippen molar-refractivity contribution in [3.8, 4) is 11.1 Å². The summed E-state index contributed by atoms with van der Waals surface area (Å²) in [6.45, 7) is 0. The topological polar surface area (TPSA) is 75.3 Å². The monoisotopic (exact) mass is 406 g/mol. The molecule has 1 amide bonds. The molecule has 0 spiro atoms. The van der Waals surface area contributed by atoms with E-state index in [2.05, 4.69) is 10.0 Å². The lowest BCUT2D eigenvalue weighted by Crippen LogP contribution is -2.25. The highest BCUT2D eigenvalue weighted by Crippen LogP contribution is 2.23. The van der Waals surface area contributed by atoms with Crippen LogP contribution in [0.1, 0.15) is 18.4 Å². The first-order valence-electron chi connectivity index (χ1n) is 9.56. The molecule has 4 rings (SSSR count). The zero-order chi connectivity index (χ0) is 20.3. The van der Waals surface area contributed by atoms with E-state index in [0.29, 0.717) is 5.69 Å². The van der Waals surface area contributed by atoms with Crippen molar-refractivity contribution in [3.05, 3.63) is 84.4 Å². The predicted octanol–water partition coefficient (Wildman–Crippen LogP) is 3.98. The van der Waals surface area contributed by atoms with Crippen molar-refractivity contribution in [1.82, 2.24) is 4.72 Å². The second-order valence-electron chi connectivity index (χ2n) is 7.21. The summed E-state index contributed by atoms with van der Waals surface area (Å²) in [7, 11) is -3.55. The Morgan fingerprint density at radius 2 is 1.55 bits per heavy atom. The molecule has 0 radical (unpaired) electrons. The van der Waals surface area contributed by atoms with Crippen molar-refractivity contribution < 1.29 is 13.2 Å². The molecule has 0 atom stereocenters. The lowest BCUT2D eigenvalue weighted by atomic mass is 10.0. The van der Waals surface area contributed by atoms with E-state index in [4.69, 9.17) is 0 Å². The summed E-state index contributed by atoms with van der Waals surface area (Å²) in [6.07, 6.45) is 1.96. The third-order valence-corrected chi connectivity index (χ3v) is 6.27. The summed E-state index contributed by atoms with van der Waals surface area (Å²) in [4.78, 5) is 12.6. The Balaban J connectivity index is 1.40. The van der Waals surface area contributed by atoms with E-state index in [1.54, 1.807) is 12.1 Å². The van der Waals surface area contributed by atoms with E-state index in [9.17, 15) is 13.2 Å². The first-order chi connectivity index (χ1) is 14.0. The average Bonchev–Trinajstić information content (AvgIpc) is 3.53. The number of carbonyl (C=O) groups excluding carboxylic acids is 1. The highest BCUT2D eigenvalue weighted by Gasteiger charge is 2.28. The fraction of sp³-hybridized carbons (Fsp3) is 0.174. The molecular formula is C23H22N2O3S. The SMILES string of the molecule is O=C(Cc1ccc(-c2ccccc2)cc1)Nc1cccc(S(=O)(=O)NC2CC2)c1. The third-order valence-electron chi connectivity index (χ3n) is 4.75. The fourth-order valence-corrected chi connectivity index (χ4v) is 4.42. The second-order valence-corrected chi connectivity index (χ2v) is 8.93. The van der Waals surface area contributed by atoms with Gasteiger partial charge in [0.1, 0.15) is 0 Å². The Morgan fingerprint density at radius 3 is 2.24 bits per heavy atom. The molecule has 6 heteroatoms. The summed E-state index contributed by atoms with van der Waals surface area (Å²) in [6, 6.07) is 24.3. The van der Waals surface area contributed by atoms with Gasteiger partial charge in [-0.25, -0.2) is 13.1 Å². The quantitative estimate of drug-likeness (QED) is 0.623. The van der Waals surface area contributed by atoms with Crippen molar-refractivity contribution in [3.63, 3.8) is 0 Å². The summed E-state index contributed by atoms with van der Waals surface area (Å²) >= 11 is 0. The number of anilines is 1. The van der Waals surface area contributed by atoms with Crippen LogP contribution in [0.5, 0.6) is 0 Å². The van der Waals surface area contributed by atoms with Crippen molar-refractivity contribution in [2.24, 2.45) is 0 Å². The number of hydrogen-bond acceptors (Lipinski definition) is 3. The van der Waals surface area contributed by atoms with Gasteiger partial charge in [-0.05, 0) is 47.7 Å². The second kappa shape index (κ2) is 8.19. The number of carbonyl (C=O) groups is 1. The Kier molecular flexibility index (Phi) is 5.47. The highest BCUT2D eigenvalue weighted by molar-refractivity contribution is 7.89. The Bertz CT molecular complexity index is 1110. The van der Waals surface area contributed by atoms with Crippen LogP contribution < -0.4 is 10.0 Å². The maximum absolute atomic E-state index is 12.4. The van der Waals surface area contributed by atoms with Gasteiger partial charge >= 0.3 is 0 Å². The van der Waals surface area contributed by atoms with Crippen LogP contribution in [-0.4, -0.2) is 20.4 Å². The highest BCUT2D eigenvalue weighted by atomic mass is 32.2. The number of amides is 1. The molecule has 0 heterocycles. The smallest absolute Gasteiger partial charge is 0.240 e. The van der Waals surface area contributed by atoms with Crippen molar-refractivity contribution >= 4 is 21.6 Å². The minimum atomic E-state index is -3.55. The van der Waals surface area contributed by atoms with Gasteiger partial charge in [-0.2, -0.15) is 0 Å². The van der Waals surface area contributed by atoms with E-state index >= 15 is 0 Å². The molecule has 3 aromatic carbocycles. The number of nitrogens with one attached hydrogen (secondary N) is 2. The van der Waals surface area contributed by atoms with Crippen molar-refractivity contribution in [2.75, 3.05) is 5.32 Å². The standard InChI is InChI=1S/C23H22N2O3S/c26-23(15-17-9-11-19(12-10-17)18-5-2-1-3-6-18)24-21-7-4-8-22(16-21)29(27,28)25-20-13-14-20/h1-12,16,20,25H,13-15H2,(H,24,26). The average molecular weight is 407 g/mol. The van der Waals surface area contributed by atoms with Crippen LogP contribution in [0.15, 0.2) is 83.8 Å². The molecule has 0 bridgehead atoms. The first-order valence-corrected chi connectivity index (χ1v) is 11.0. The molecule has 1 fully saturated rings. The minimum absolute atomic E-state index is 0.0390. The molecular weight excluding hydrogens is 384 g/mol. The predicted molar refractivity (Wildman–Crippen MR) is 114 cm³/mol. The van der Waals surface area contributed by atoms with Gasteiger partial charge in [-0.1, -0.05) is 60.7 Å². The van der Waals surface area contributed by atoms with Gasteiger partial charge in [0.25, 0.3) is 0 Å². The van der Waals surface area contributed by atoms with Gasteiger partial charge in [0.05, 0.1) is 11.3 Å². The molecule has 29 heavy (non-hydrogen) atoms. The maximum Gasteiger partial charge on any atom is 0.240 e. The zero-order valence-electron chi connectivity index (χ0n) is 15.8. The van der Waals surface area contributed by atoms with Crippen molar-refractivity contribution in [1.29, 1.82) is 0 Å². The van der Waals surface area contributed by atoms with Crippen LogP contribution in [0.3, 0.4) is 0 Å². The van der Waals surface area contributed by atoms with E-state index in [1.165, 1.54) is 12.1 Å². The normalized spacial score (nSPS) is 13.8. The third kappa shape index (κ3) is 5.10. The first kappa shape index (κ1) is 19.4. The molecule has 1 aliphatic carbocycles. The number of sulfonamides is 1. The molecule has 0 saturated heterocycles. The zero-order valence-corrected chi connectivity index (χ0v) is 16.7. The molecule has 1 saturated carbocycles. The molecule has 148 valence electrons. The van der Waals surface area contributed by atoms with E-state index in [0.717, 1.165) is 29.5 Å².